The van der Waals surface area contributed by atoms with Crippen LogP contribution in [0.2, 0.25) is 0 Å². The second kappa shape index (κ2) is 4.89. The van der Waals surface area contributed by atoms with Gasteiger partial charge in [-0.25, -0.2) is 4.39 Å². The number of nitrogens with two attached hydrogens (primary N) is 1. The van der Waals surface area contributed by atoms with E-state index in [4.69, 9.17) is 10.8 Å². The number of halogens is 2. The minimum atomic E-state index is -1.22. The predicted molar refractivity (Wildman–Crippen MR) is 52.2 cm³/mol. The molecule has 0 amide bonds. The second-order valence-electron chi connectivity index (χ2n) is 3.20. The van der Waals surface area contributed by atoms with Crippen LogP contribution in [0, 0.1) is 11.6 Å². The maximum absolute atomic E-state index is 13.2. The molecule has 3 N–H and O–H groups in total. The first kappa shape index (κ1) is 12.4. The van der Waals surface area contributed by atoms with Gasteiger partial charge < -0.3 is 15.6 Å². The molecule has 16 heavy (non-hydrogen) atoms. The highest BCUT2D eigenvalue weighted by atomic mass is 19.2. The van der Waals surface area contributed by atoms with Crippen molar-refractivity contribution in [3.8, 4) is 5.75 Å². The first-order valence-electron chi connectivity index (χ1n) is 4.46. The Bertz CT molecular complexity index is 409. The Hall–Kier alpha value is -1.69. The topological polar surface area (TPSA) is 72.5 Å². The van der Waals surface area contributed by atoms with Crippen molar-refractivity contribution in [2.45, 2.75) is 12.5 Å². The molecule has 0 bridgehead atoms. The molecule has 0 heterocycles. The van der Waals surface area contributed by atoms with E-state index in [2.05, 4.69) is 4.74 Å². The van der Waals surface area contributed by atoms with Crippen molar-refractivity contribution in [3.05, 3.63) is 29.3 Å². The highest BCUT2D eigenvalue weighted by Gasteiger charge is 2.19. The number of ether oxygens (including phenoxy) is 1. The van der Waals surface area contributed by atoms with Gasteiger partial charge in [0.15, 0.2) is 11.6 Å². The van der Waals surface area contributed by atoms with Gasteiger partial charge in [-0.2, -0.15) is 4.39 Å². The number of methoxy groups -OCH3 is 1. The Labute approximate surface area is 90.6 Å². The molecule has 0 aliphatic heterocycles. The number of benzene rings is 1. The molecule has 0 aliphatic carbocycles. The molecule has 0 fully saturated rings. The van der Waals surface area contributed by atoms with Gasteiger partial charge in [-0.1, -0.05) is 6.07 Å². The fraction of sp³-hybridized carbons (Fsp3) is 0.300. The Morgan fingerprint density at radius 3 is 2.69 bits per heavy atom. The quantitative estimate of drug-likeness (QED) is 0.808. The molecule has 0 radical (unpaired) electrons. The third kappa shape index (κ3) is 2.46. The lowest BCUT2D eigenvalue weighted by atomic mass is 10.1. The van der Waals surface area contributed by atoms with Crippen molar-refractivity contribution in [2.24, 2.45) is 5.73 Å². The molecule has 0 saturated heterocycles. The molecular formula is C10H11F2NO3. The van der Waals surface area contributed by atoms with Gasteiger partial charge in [-0.05, 0) is 11.6 Å². The van der Waals surface area contributed by atoms with Crippen LogP contribution < -0.4 is 10.5 Å². The number of aliphatic carboxylic acids is 1. The van der Waals surface area contributed by atoms with E-state index in [-0.39, 0.29) is 17.7 Å². The predicted octanol–water partition coefficient (Wildman–Crippen LogP) is 0.928. The molecule has 0 aliphatic rings. The highest BCUT2D eigenvalue weighted by Crippen LogP contribution is 2.25. The van der Waals surface area contributed by atoms with E-state index < -0.39 is 23.6 Å². The molecule has 1 aromatic carbocycles. The lowest BCUT2D eigenvalue weighted by Crippen LogP contribution is -2.32. The van der Waals surface area contributed by atoms with Gasteiger partial charge in [-0.3, -0.25) is 4.79 Å². The van der Waals surface area contributed by atoms with Gasteiger partial charge in [0.25, 0.3) is 0 Å². The zero-order valence-electron chi connectivity index (χ0n) is 8.54. The normalized spacial score (nSPS) is 12.2. The van der Waals surface area contributed by atoms with Crippen LogP contribution >= 0.6 is 0 Å². The summed E-state index contributed by atoms with van der Waals surface area (Å²) in [5.41, 5.74) is 5.51. The molecule has 1 rings (SSSR count). The summed E-state index contributed by atoms with van der Waals surface area (Å²) in [4.78, 5) is 10.5. The molecule has 1 aromatic rings. The summed E-state index contributed by atoms with van der Waals surface area (Å²) < 4.78 is 30.7. The van der Waals surface area contributed by atoms with Crippen LogP contribution in [-0.4, -0.2) is 24.2 Å². The number of carbonyl (C=O) groups is 1. The largest absolute Gasteiger partial charge is 0.493 e. The van der Waals surface area contributed by atoms with Crippen LogP contribution in [0.25, 0.3) is 0 Å². The average Bonchev–Trinajstić information content (AvgIpc) is 2.23. The smallest absolute Gasteiger partial charge is 0.320 e. The maximum Gasteiger partial charge on any atom is 0.320 e. The third-order valence-corrected chi connectivity index (χ3v) is 2.09. The molecule has 4 nitrogen and oxygen atoms in total. The first-order chi connectivity index (χ1) is 7.47. The average molecular weight is 231 g/mol. The Morgan fingerprint density at radius 1 is 1.56 bits per heavy atom. The van der Waals surface area contributed by atoms with E-state index in [0.29, 0.717) is 0 Å². The SMILES string of the molecule is COc1c(CC(N)C(=O)O)ccc(F)c1F. The van der Waals surface area contributed by atoms with Crippen LogP contribution in [0.5, 0.6) is 5.75 Å². The monoisotopic (exact) mass is 231 g/mol. The van der Waals surface area contributed by atoms with Crippen molar-refractivity contribution in [2.75, 3.05) is 7.11 Å². The van der Waals surface area contributed by atoms with E-state index in [0.717, 1.165) is 6.07 Å². The Kier molecular flexibility index (Phi) is 3.78. The van der Waals surface area contributed by atoms with Gasteiger partial charge >= 0.3 is 5.97 Å². The van der Waals surface area contributed by atoms with Gasteiger partial charge in [-0.15, -0.1) is 0 Å². The number of rotatable bonds is 4. The van der Waals surface area contributed by atoms with Crippen LogP contribution in [-0.2, 0) is 11.2 Å². The van der Waals surface area contributed by atoms with Crippen LogP contribution in [0.15, 0.2) is 12.1 Å². The fourth-order valence-electron chi connectivity index (χ4n) is 1.28. The molecule has 1 atom stereocenters. The number of carboxylic acid groups (broad SMARTS) is 1. The van der Waals surface area contributed by atoms with E-state index in [9.17, 15) is 13.6 Å². The van der Waals surface area contributed by atoms with Gasteiger partial charge in [0.05, 0.1) is 7.11 Å². The molecule has 0 aromatic heterocycles. The molecule has 6 heteroatoms. The lowest BCUT2D eigenvalue weighted by molar-refractivity contribution is -0.138. The van der Waals surface area contributed by atoms with E-state index in [1.54, 1.807) is 0 Å². The molecule has 1 unspecified atom stereocenters. The number of hydrogen-bond acceptors (Lipinski definition) is 3. The van der Waals surface area contributed by atoms with Crippen molar-refractivity contribution in [1.29, 1.82) is 0 Å². The summed E-state index contributed by atoms with van der Waals surface area (Å²) in [7, 11) is 1.17. The zero-order chi connectivity index (χ0) is 12.3. The van der Waals surface area contributed by atoms with Crippen molar-refractivity contribution < 1.29 is 23.4 Å². The first-order valence-corrected chi connectivity index (χ1v) is 4.46. The summed E-state index contributed by atoms with van der Waals surface area (Å²) in [6, 6.07) is 0.973. The lowest BCUT2D eigenvalue weighted by Gasteiger charge is -2.11. The molecule has 88 valence electrons. The fourth-order valence-corrected chi connectivity index (χ4v) is 1.28. The molecule has 0 spiro atoms. The van der Waals surface area contributed by atoms with Crippen LogP contribution in [0.3, 0.4) is 0 Å². The summed E-state index contributed by atoms with van der Waals surface area (Å²) >= 11 is 0. The third-order valence-electron chi connectivity index (χ3n) is 2.09. The highest BCUT2D eigenvalue weighted by molar-refractivity contribution is 5.73. The summed E-state index contributed by atoms with van der Waals surface area (Å²) in [6.45, 7) is 0. The van der Waals surface area contributed by atoms with Gasteiger partial charge in [0.1, 0.15) is 6.04 Å². The minimum Gasteiger partial charge on any atom is -0.493 e. The Balaban J connectivity index is 3.05. The minimum absolute atomic E-state index is 0.129. The Morgan fingerprint density at radius 2 is 2.19 bits per heavy atom. The van der Waals surface area contributed by atoms with Crippen LogP contribution in [0.1, 0.15) is 5.56 Å². The summed E-state index contributed by atoms with van der Waals surface area (Å²) in [6.07, 6.45) is -0.129. The summed E-state index contributed by atoms with van der Waals surface area (Å²) in [5, 5.41) is 8.60. The van der Waals surface area contributed by atoms with Crippen molar-refractivity contribution in [1.82, 2.24) is 0 Å². The second-order valence-corrected chi connectivity index (χ2v) is 3.20. The standard InChI is InChI=1S/C10H11F2NO3/c1-16-9-5(4-7(13)10(14)15)2-3-6(11)8(9)12/h2-3,7H,4,13H2,1H3,(H,14,15). The van der Waals surface area contributed by atoms with Crippen molar-refractivity contribution in [3.63, 3.8) is 0 Å². The molecule has 0 saturated carbocycles. The van der Waals surface area contributed by atoms with Gasteiger partial charge in [0.2, 0.25) is 5.82 Å². The maximum atomic E-state index is 13.2. The van der Waals surface area contributed by atoms with Crippen molar-refractivity contribution >= 4 is 5.97 Å². The van der Waals surface area contributed by atoms with E-state index >= 15 is 0 Å². The van der Waals surface area contributed by atoms with E-state index in [1.807, 2.05) is 0 Å². The molecular weight excluding hydrogens is 220 g/mol. The van der Waals surface area contributed by atoms with Crippen LogP contribution in [0.4, 0.5) is 8.78 Å². The number of hydrogen-bond donors (Lipinski definition) is 2. The van der Waals surface area contributed by atoms with E-state index in [1.165, 1.54) is 13.2 Å². The number of carboxylic acids is 1. The summed E-state index contributed by atoms with van der Waals surface area (Å²) in [5.74, 6) is -3.72. The zero-order valence-corrected chi connectivity index (χ0v) is 8.54. The van der Waals surface area contributed by atoms with Gasteiger partial charge in [0, 0.05) is 6.42 Å².